The highest BCUT2D eigenvalue weighted by Crippen LogP contribution is 2.16. The Morgan fingerprint density at radius 2 is 1.59 bits per heavy atom. The van der Waals surface area contributed by atoms with Crippen molar-refractivity contribution in [1.29, 1.82) is 0 Å². The Morgan fingerprint density at radius 3 is 2.12 bits per heavy atom. The van der Waals surface area contributed by atoms with Crippen LogP contribution in [0.5, 0.6) is 0 Å². The number of methoxy groups -OCH3 is 3. The average molecular weight is 246 g/mol. The molecule has 0 aromatic carbocycles. The third-order valence-electron chi connectivity index (χ3n) is 2.47. The van der Waals surface area contributed by atoms with Crippen molar-refractivity contribution in [2.24, 2.45) is 0 Å². The van der Waals surface area contributed by atoms with Crippen LogP contribution in [0.4, 0.5) is 0 Å². The second-order valence-corrected chi connectivity index (χ2v) is 3.83. The lowest BCUT2D eigenvalue weighted by Crippen LogP contribution is -2.04. The van der Waals surface area contributed by atoms with Crippen LogP contribution in [0.25, 0.3) is 0 Å². The number of unbranched alkanes of at least 4 members (excludes halogenated alkanes) is 4. The lowest BCUT2D eigenvalue weighted by Gasteiger charge is -2.13. The van der Waals surface area contributed by atoms with Crippen molar-refractivity contribution >= 4 is 0 Å². The molecule has 4 nitrogen and oxygen atoms in total. The van der Waals surface area contributed by atoms with E-state index in [0.29, 0.717) is 5.95 Å². The van der Waals surface area contributed by atoms with Gasteiger partial charge in [0.05, 0.1) is 14.2 Å². The van der Waals surface area contributed by atoms with Crippen molar-refractivity contribution in [3.63, 3.8) is 0 Å². The van der Waals surface area contributed by atoms with E-state index < -0.39 is 0 Å². The van der Waals surface area contributed by atoms with Crippen molar-refractivity contribution < 1.29 is 18.9 Å². The van der Waals surface area contributed by atoms with Crippen LogP contribution in [-0.4, -0.2) is 28.1 Å². The molecule has 0 amide bonds. The van der Waals surface area contributed by atoms with E-state index in [1.54, 1.807) is 21.3 Å². The van der Waals surface area contributed by atoms with Gasteiger partial charge in [0, 0.05) is 13.5 Å². The molecule has 0 aliphatic rings. The molecular weight excluding hydrogens is 220 g/mol. The SMILES string of the molecule is CCCCCCCC(OC)=C(OC)OCOC. The molecule has 0 radical (unpaired) electrons. The van der Waals surface area contributed by atoms with E-state index in [0.717, 1.165) is 18.6 Å². The number of ether oxygens (including phenoxy) is 4. The van der Waals surface area contributed by atoms with Crippen molar-refractivity contribution in [1.82, 2.24) is 0 Å². The van der Waals surface area contributed by atoms with Crippen LogP contribution in [-0.2, 0) is 18.9 Å². The Labute approximate surface area is 105 Å². The number of hydrogen-bond donors (Lipinski definition) is 0. The number of hydrogen-bond acceptors (Lipinski definition) is 4. The van der Waals surface area contributed by atoms with Crippen LogP contribution < -0.4 is 0 Å². The topological polar surface area (TPSA) is 36.9 Å². The molecule has 0 atom stereocenters. The Kier molecular flexibility index (Phi) is 11.0. The highest BCUT2D eigenvalue weighted by atomic mass is 16.7. The highest BCUT2D eigenvalue weighted by Gasteiger charge is 2.09. The lowest BCUT2D eigenvalue weighted by molar-refractivity contribution is -0.0570. The van der Waals surface area contributed by atoms with E-state index in [1.165, 1.54) is 25.7 Å². The molecule has 0 aromatic heterocycles. The van der Waals surface area contributed by atoms with Gasteiger partial charge in [-0.05, 0) is 6.42 Å². The molecule has 0 N–H and O–H groups in total. The molecule has 0 spiro atoms. The van der Waals surface area contributed by atoms with Crippen molar-refractivity contribution in [2.75, 3.05) is 28.1 Å². The predicted molar refractivity (Wildman–Crippen MR) is 67.4 cm³/mol. The van der Waals surface area contributed by atoms with Gasteiger partial charge < -0.3 is 18.9 Å². The molecule has 0 aliphatic heterocycles. The first kappa shape index (κ1) is 16.1. The molecule has 4 heteroatoms. The zero-order chi connectivity index (χ0) is 12.9. The van der Waals surface area contributed by atoms with Gasteiger partial charge in [-0.15, -0.1) is 0 Å². The van der Waals surface area contributed by atoms with Crippen molar-refractivity contribution in [3.05, 3.63) is 11.7 Å². The van der Waals surface area contributed by atoms with E-state index in [2.05, 4.69) is 6.92 Å². The van der Waals surface area contributed by atoms with Crippen LogP contribution in [0.15, 0.2) is 11.7 Å². The molecule has 0 fully saturated rings. The van der Waals surface area contributed by atoms with Crippen LogP contribution >= 0.6 is 0 Å². The minimum Gasteiger partial charge on any atom is -0.494 e. The highest BCUT2D eigenvalue weighted by molar-refractivity contribution is 4.94. The molecule has 0 heterocycles. The fourth-order valence-corrected chi connectivity index (χ4v) is 1.54. The summed E-state index contributed by atoms with van der Waals surface area (Å²) in [5, 5.41) is 0. The summed E-state index contributed by atoms with van der Waals surface area (Å²) < 4.78 is 20.5. The fourth-order valence-electron chi connectivity index (χ4n) is 1.54. The molecule has 0 aliphatic carbocycles. The van der Waals surface area contributed by atoms with E-state index in [-0.39, 0.29) is 6.79 Å². The maximum atomic E-state index is 5.28. The maximum Gasteiger partial charge on any atom is 0.320 e. The zero-order valence-corrected chi connectivity index (χ0v) is 11.6. The summed E-state index contributed by atoms with van der Waals surface area (Å²) in [6, 6.07) is 0. The standard InChI is InChI=1S/C13H26O4/c1-5-6-7-8-9-10-12(15-3)13(16-4)17-11-14-2/h5-11H2,1-4H3. The van der Waals surface area contributed by atoms with Gasteiger partial charge in [-0.2, -0.15) is 0 Å². The summed E-state index contributed by atoms with van der Waals surface area (Å²) in [6.45, 7) is 2.38. The summed E-state index contributed by atoms with van der Waals surface area (Å²) in [5.74, 6) is 1.17. The van der Waals surface area contributed by atoms with Gasteiger partial charge in [-0.1, -0.05) is 32.6 Å². The summed E-state index contributed by atoms with van der Waals surface area (Å²) in [6.07, 6.45) is 6.97. The fraction of sp³-hybridized carbons (Fsp3) is 0.846. The first-order valence-corrected chi connectivity index (χ1v) is 6.23. The molecule has 0 saturated carbocycles. The molecule has 17 heavy (non-hydrogen) atoms. The molecule has 0 saturated heterocycles. The quantitative estimate of drug-likeness (QED) is 0.318. The van der Waals surface area contributed by atoms with Crippen LogP contribution in [0.1, 0.15) is 45.4 Å². The Morgan fingerprint density at radius 1 is 0.882 bits per heavy atom. The van der Waals surface area contributed by atoms with Gasteiger partial charge in [0.15, 0.2) is 12.6 Å². The van der Waals surface area contributed by atoms with E-state index in [9.17, 15) is 0 Å². The molecule has 0 bridgehead atoms. The number of rotatable bonds is 11. The molecular formula is C13H26O4. The third kappa shape index (κ3) is 7.91. The molecule has 0 rings (SSSR count). The monoisotopic (exact) mass is 246 g/mol. The minimum atomic E-state index is 0.172. The summed E-state index contributed by atoms with van der Waals surface area (Å²) >= 11 is 0. The number of allylic oxidation sites excluding steroid dienone is 1. The largest absolute Gasteiger partial charge is 0.494 e. The van der Waals surface area contributed by atoms with Crippen LogP contribution in [0.3, 0.4) is 0 Å². The Hall–Kier alpha value is -0.900. The zero-order valence-electron chi connectivity index (χ0n) is 11.6. The minimum absolute atomic E-state index is 0.172. The normalized spacial score (nSPS) is 12.0. The van der Waals surface area contributed by atoms with Gasteiger partial charge in [0.25, 0.3) is 0 Å². The van der Waals surface area contributed by atoms with Crippen LogP contribution in [0, 0.1) is 0 Å². The maximum absolute atomic E-state index is 5.28. The molecule has 102 valence electrons. The predicted octanol–water partition coefficient (Wildman–Crippen LogP) is 3.43. The van der Waals surface area contributed by atoms with Gasteiger partial charge >= 0.3 is 5.95 Å². The van der Waals surface area contributed by atoms with Crippen LogP contribution in [0.2, 0.25) is 0 Å². The van der Waals surface area contributed by atoms with Gasteiger partial charge in [-0.3, -0.25) is 0 Å². The van der Waals surface area contributed by atoms with Gasteiger partial charge in [0.1, 0.15) is 0 Å². The molecule has 0 aromatic rings. The first-order chi connectivity index (χ1) is 8.29. The second-order valence-electron chi connectivity index (χ2n) is 3.83. The van der Waals surface area contributed by atoms with Gasteiger partial charge in [0.2, 0.25) is 0 Å². The van der Waals surface area contributed by atoms with Crippen molar-refractivity contribution in [2.45, 2.75) is 45.4 Å². The van der Waals surface area contributed by atoms with E-state index in [4.69, 9.17) is 18.9 Å². The molecule has 0 unspecified atom stereocenters. The first-order valence-electron chi connectivity index (χ1n) is 6.23. The smallest absolute Gasteiger partial charge is 0.320 e. The van der Waals surface area contributed by atoms with E-state index in [1.807, 2.05) is 0 Å². The average Bonchev–Trinajstić information content (AvgIpc) is 2.36. The third-order valence-corrected chi connectivity index (χ3v) is 2.47. The Balaban J connectivity index is 4.02. The summed E-state index contributed by atoms with van der Waals surface area (Å²) in [5.41, 5.74) is 0. The summed E-state index contributed by atoms with van der Waals surface area (Å²) in [7, 11) is 4.78. The lowest BCUT2D eigenvalue weighted by atomic mass is 10.1. The summed E-state index contributed by atoms with van der Waals surface area (Å²) in [4.78, 5) is 0. The van der Waals surface area contributed by atoms with E-state index >= 15 is 0 Å². The van der Waals surface area contributed by atoms with Crippen molar-refractivity contribution in [3.8, 4) is 0 Å². The van der Waals surface area contributed by atoms with Gasteiger partial charge in [-0.25, -0.2) is 0 Å². The Bertz CT molecular complexity index is 202. The second kappa shape index (κ2) is 11.6.